The molecule has 0 bridgehead atoms. The zero-order valence-electron chi connectivity index (χ0n) is 52.9. The molecule has 0 aromatic carbocycles. The molecule has 472 valence electrons. The van der Waals surface area contributed by atoms with Crippen LogP contribution in [0, 0.1) is 0 Å². The average molecular weight is 1170 g/mol. The molecule has 0 aliphatic rings. The molecule has 0 aliphatic carbocycles. The molecule has 3 N–H and O–H groups in total. The predicted octanol–water partition coefficient (Wildman–Crippen LogP) is 21.9. The molecule has 0 rings (SSSR count). The zero-order chi connectivity index (χ0) is 60.1. The summed E-state index contributed by atoms with van der Waals surface area (Å²) in [4.78, 5) is 35.3. The van der Waals surface area contributed by atoms with Crippen molar-refractivity contribution in [1.29, 1.82) is 0 Å². The second-order valence-electron chi connectivity index (χ2n) is 21.6. The Kier molecular flexibility index (Phi) is 63.7. The molecule has 0 aromatic rings. The van der Waals surface area contributed by atoms with Crippen molar-refractivity contribution >= 4 is 19.8 Å². The summed E-state index contributed by atoms with van der Waals surface area (Å²) in [6, 6.07) is 0. The van der Waals surface area contributed by atoms with Gasteiger partial charge in [0.25, 0.3) is 0 Å². The maximum absolute atomic E-state index is 12.8. The van der Waals surface area contributed by atoms with E-state index >= 15 is 0 Å². The summed E-state index contributed by atoms with van der Waals surface area (Å²) in [5.41, 5.74) is 5.40. The summed E-state index contributed by atoms with van der Waals surface area (Å²) < 4.78 is 33.1. The van der Waals surface area contributed by atoms with Gasteiger partial charge in [0.2, 0.25) is 0 Å². The molecular weight excluding hydrogens is 1050 g/mol. The minimum absolute atomic E-state index is 0.0461. The van der Waals surface area contributed by atoms with Crippen LogP contribution in [0.4, 0.5) is 0 Å². The van der Waals surface area contributed by atoms with E-state index < -0.39 is 32.5 Å². The highest BCUT2D eigenvalue weighted by Gasteiger charge is 2.26. The fourth-order valence-electron chi connectivity index (χ4n) is 8.88. The van der Waals surface area contributed by atoms with Crippen LogP contribution in [0.3, 0.4) is 0 Å². The van der Waals surface area contributed by atoms with Crippen molar-refractivity contribution in [3.05, 3.63) is 146 Å². The molecule has 0 spiro atoms. The second-order valence-corrected chi connectivity index (χ2v) is 23.0. The van der Waals surface area contributed by atoms with Crippen molar-refractivity contribution in [3.63, 3.8) is 0 Å². The SMILES string of the molecule is CC/C=C\C/C=C\C/C=C\C/C=C\C/C=C\C/C=C\CCCCCCCCCCCCCCCCCCC(=O)OC(COC(=O)CCCCCCCCCC/C=C\C/C=C\C/C=C\C/C=C\C/C=C\C/C=C\CC)COP(=O)(O)OCCN. The molecular formula is C73H122NO8P. The predicted molar refractivity (Wildman–Crippen MR) is 357 cm³/mol. The van der Waals surface area contributed by atoms with Crippen molar-refractivity contribution in [2.24, 2.45) is 5.73 Å². The van der Waals surface area contributed by atoms with Crippen LogP contribution in [0.2, 0.25) is 0 Å². The Morgan fingerprint density at radius 3 is 0.928 bits per heavy atom. The van der Waals surface area contributed by atoms with E-state index in [9.17, 15) is 19.0 Å². The molecule has 0 radical (unpaired) electrons. The van der Waals surface area contributed by atoms with Crippen LogP contribution in [0.25, 0.3) is 0 Å². The zero-order valence-corrected chi connectivity index (χ0v) is 53.8. The number of hydrogen-bond acceptors (Lipinski definition) is 8. The lowest BCUT2D eigenvalue weighted by Gasteiger charge is -2.19. The highest BCUT2D eigenvalue weighted by atomic mass is 31.2. The number of carbonyl (C=O) groups excluding carboxylic acids is 2. The van der Waals surface area contributed by atoms with Gasteiger partial charge in [-0.2, -0.15) is 0 Å². The first-order chi connectivity index (χ1) is 40.8. The molecule has 10 heteroatoms. The summed E-state index contributed by atoms with van der Waals surface area (Å²) in [6.07, 6.45) is 96.3. The molecule has 0 amide bonds. The Balaban J connectivity index is 3.94. The van der Waals surface area contributed by atoms with Gasteiger partial charge >= 0.3 is 19.8 Å². The number of phosphoric acid groups is 1. The van der Waals surface area contributed by atoms with Gasteiger partial charge in [-0.3, -0.25) is 18.6 Å². The van der Waals surface area contributed by atoms with E-state index in [0.29, 0.717) is 6.42 Å². The Labute approximate surface area is 509 Å². The number of phosphoric ester groups is 1. The van der Waals surface area contributed by atoms with Gasteiger partial charge in [-0.05, 0) is 116 Å². The van der Waals surface area contributed by atoms with Gasteiger partial charge in [0.1, 0.15) is 6.61 Å². The topological polar surface area (TPSA) is 134 Å². The molecule has 83 heavy (non-hydrogen) atoms. The molecule has 2 unspecified atom stereocenters. The maximum atomic E-state index is 12.8. The fraction of sp³-hybridized carbons (Fsp3) is 0.644. The van der Waals surface area contributed by atoms with Gasteiger partial charge in [0, 0.05) is 19.4 Å². The van der Waals surface area contributed by atoms with E-state index in [2.05, 4.69) is 160 Å². The normalized spacial score (nSPS) is 13.9. The summed E-state index contributed by atoms with van der Waals surface area (Å²) in [5.74, 6) is -0.840. The molecule has 0 saturated heterocycles. The quantitative estimate of drug-likeness (QED) is 0.0264. The van der Waals surface area contributed by atoms with E-state index in [0.717, 1.165) is 128 Å². The van der Waals surface area contributed by atoms with E-state index in [1.807, 2.05) is 0 Å². The van der Waals surface area contributed by atoms with Crippen LogP contribution < -0.4 is 5.73 Å². The monoisotopic (exact) mass is 1170 g/mol. The Morgan fingerprint density at radius 1 is 0.361 bits per heavy atom. The molecule has 0 fully saturated rings. The number of unbranched alkanes of at least 4 members (excludes halogenated alkanes) is 24. The molecule has 0 aromatic heterocycles. The molecule has 2 atom stereocenters. The lowest BCUT2D eigenvalue weighted by atomic mass is 10.0. The van der Waals surface area contributed by atoms with Crippen LogP contribution in [0.15, 0.2) is 146 Å². The smallest absolute Gasteiger partial charge is 0.462 e. The van der Waals surface area contributed by atoms with Crippen molar-refractivity contribution in [2.45, 2.75) is 277 Å². The number of allylic oxidation sites excluding steroid dienone is 24. The third-order valence-electron chi connectivity index (χ3n) is 13.7. The third-order valence-corrected chi connectivity index (χ3v) is 14.7. The van der Waals surface area contributed by atoms with E-state index in [1.165, 1.54) is 109 Å². The van der Waals surface area contributed by atoms with E-state index in [1.54, 1.807) is 0 Å². The van der Waals surface area contributed by atoms with Crippen LogP contribution in [-0.4, -0.2) is 49.3 Å². The number of hydrogen-bond donors (Lipinski definition) is 2. The highest BCUT2D eigenvalue weighted by Crippen LogP contribution is 2.43. The first-order valence-electron chi connectivity index (χ1n) is 33.3. The van der Waals surface area contributed by atoms with Crippen LogP contribution >= 0.6 is 7.82 Å². The lowest BCUT2D eigenvalue weighted by molar-refractivity contribution is -0.161. The van der Waals surface area contributed by atoms with Gasteiger partial charge in [-0.25, -0.2) is 4.57 Å². The maximum Gasteiger partial charge on any atom is 0.472 e. The van der Waals surface area contributed by atoms with Gasteiger partial charge in [0.15, 0.2) is 6.10 Å². The van der Waals surface area contributed by atoms with Crippen molar-refractivity contribution < 1.29 is 37.6 Å². The van der Waals surface area contributed by atoms with Crippen LogP contribution in [0.5, 0.6) is 0 Å². The summed E-state index contributed by atoms with van der Waals surface area (Å²) in [7, 11) is -4.40. The average Bonchev–Trinajstić information content (AvgIpc) is 3.48. The number of esters is 2. The number of rotatable bonds is 61. The minimum Gasteiger partial charge on any atom is -0.462 e. The fourth-order valence-corrected chi connectivity index (χ4v) is 9.64. The van der Waals surface area contributed by atoms with Gasteiger partial charge in [-0.15, -0.1) is 0 Å². The van der Waals surface area contributed by atoms with Crippen molar-refractivity contribution in [1.82, 2.24) is 0 Å². The lowest BCUT2D eigenvalue weighted by Crippen LogP contribution is -2.29. The summed E-state index contributed by atoms with van der Waals surface area (Å²) in [6.45, 7) is 3.51. The van der Waals surface area contributed by atoms with Crippen molar-refractivity contribution in [2.75, 3.05) is 26.4 Å². The van der Waals surface area contributed by atoms with Gasteiger partial charge < -0.3 is 20.1 Å². The Bertz CT molecular complexity index is 1870. The standard InChI is InChI=1S/C73H122NO8P/c1-3-5-7-9-11-13-15-17-19-21-23-25-27-29-31-32-33-34-35-36-37-38-40-42-44-46-48-50-52-54-56-58-60-62-64-66-73(76)82-71(70-81-83(77,78)80-68-67-74)69-79-72(75)65-63-61-59-57-55-53-51-49-47-45-43-41-39-30-28-26-24-22-20-18-16-14-12-10-8-6-4-2/h5-8,11-14,17-20,23-26,29-31,33-34,39,43,45,71H,3-4,9-10,15-16,21-22,27-28,32,35-38,40-42,44,46-70,74H2,1-2H3,(H,77,78)/b7-5-,8-6-,13-11-,14-12-,19-17-,20-18-,25-23-,26-24-,31-29-,34-33-,39-30-,45-43-. The molecule has 0 heterocycles. The second kappa shape index (κ2) is 67.0. The van der Waals surface area contributed by atoms with Crippen molar-refractivity contribution in [3.8, 4) is 0 Å². The third kappa shape index (κ3) is 66.9. The van der Waals surface area contributed by atoms with Crippen LogP contribution in [-0.2, 0) is 32.7 Å². The molecule has 0 aliphatic heterocycles. The van der Waals surface area contributed by atoms with Gasteiger partial charge in [0.05, 0.1) is 13.2 Å². The summed E-state index contributed by atoms with van der Waals surface area (Å²) >= 11 is 0. The van der Waals surface area contributed by atoms with Crippen LogP contribution in [0.1, 0.15) is 271 Å². The van der Waals surface area contributed by atoms with E-state index in [-0.39, 0.29) is 32.6 Å². The van der Waals surface area contributed by atoms with Gasteiger partial charge in [-0.1, -0.05) is 288 Å². The number of nitrogens with two attached hydrogens (primary N) is 1. The largest absolute Gasteiger partial charge is 0.472 e. The highest BCUT2D eigenvalue weighted by molar-refractivity contribution is 7.47. The first kappa shape index (κ1) is 78.9. The minimum atomic E-state index is -4.40. The number of ether oxygens (including phenoxy) is 2. The Hall–Kier alpha value is -4.11. The number of carbonyl (C=O) groups is 2. The van der Waals surface area contributed by atoms with E-state index in [4.69, 9.17) is 24.3 Å². The summed E-state index contributed by atoms with van der Waals surface area (Å²) in [5, 5.41) is 0. The Morgan fingerprint density at radius 2 is 0.627 bits per heavy atom. The molecule has 9 nitrogen and oxygen atoms in total. The molecule has 0 saturated carbocycles. The first-order valence-corrected chi connectivity index (χ1v) is 34.8.